The molecule has 0 aromatic heterocycles. The van der Waals surface area contributed by atoms with Gasteiger partial charge in [0.05, 0.1) is 13.2 Å². The van der Waals surface area contributed by atoms with Crippen LogP contribution in [0.15, 0.2) is 54.6 Å². The Bertz CT molecular complexity index is 829. The topological polar surface area (TPSA) is 41.6 Å². The number of rotatable bonds is 6. The molecule has 0 aliphatic carbocycles. The Morgan fingerprint density at radius 3 is 2.45 bits per heavy atom. The summed E-state index contributed by atoms with van der Waals surface area (Å²) >= 11 is 0. The third kappa shape index (κ3) is 6.84. The van der Waals surface area contributed by atoms with Gasteiger partial charge >= 0.3 is 0 Å². The molecule has 2 aromatic carbocycles. The molecule has 0 unspecified atom stereocenters. The molecule has 4 heteroatoms. The summed E-state index contributed by atoms with van der Waals surface area (Å²) in [5.74, 6) is -0.0801. The standard InChI is InChI=1S/C25H32N2O2/c1-25(2,3)23-10-7-20(8-11-23)9-12-24(28)26-18-21-5-4-6-22(17-21)19-27-13-15-29-16-14-27/h4-12,17H,13-16,18-19H2,1-3H3,(H,26,28)/b12-9+. The minimum absolute atomic E-state index is 0.0801. The van der Waals surface area contributed by atoms with E-state index in [-0.39, 0.29) is 11.3 Å². The van der Waals surface area contributed by atoms with Crippen molar-refractivity contribution >= 4 is 12.0 Å². The Kier molecular flexibility index (Phi) is 7.24. The Balaban J connectivity index is 1.50. The average molecular weight is 393 g/mol. The van der Waals surface area contributed by atoms with E-state index in [1.165, 1.54) is 11.1 Å². The second-order valence-electron chi connectivity index (χ2n) is 8.63. The highest BCUT2D eigenvalue weighted by atomic mass is 16.5. The van der Waals surface area contributed by atoms with E-state index in [9.17, 15) is 4.79 Å². The van der Waals surface area contributed by atoms with E-state index in [0.29, 0.717) is 6.54 Å². The van der Waals surface area contributed by atoms with Crippen LogP contribution in [0.3, 0.4) is 0 Å². The van der Waals surface area contributed by atoms with Gasteiger partial charge in [-0.3, -0.25) is 9.69 Å². The van der Waals surface area contributed by atoms with Crippen molar-refractivity contribution in [1.29, 1.82) is 0 Å². The van der Waals surface area contributed by atoms with Crippen molar-refractivity contribution in [3.63, 3.8) is 0 Å². The van der Waals surface area contributed by atoms with Crippen molar-refractivity contribution in [2.24, 2.45) is 0 Å². The molecule has 1 heterocycles. The van der Waals surface area contributed by atoms with Crippen molar-refractivity contribution in [3.05, 3.63) is 76.9 Å². The van der Waals surface area contributed by atoms with Gasteiger partial charge in [-0.2, -0.15) is 0 Å². The molecule has 29 heavy (non-hydrogen) atoms. The van der Waals surface area contributed by atoms with Crippen LogP contribution in [0.5, 0.6) is 0 Å². The first kappa shape index (κ1) is 21.3. The van der Waals surface area contributed by atoms with E-state index in [1.807, 2.05) is 6.08 Å². The molecule has 1 aliphatic rings. The molecule has 0 radical (unpaired) electrons. The van der Waals surface area contributed by atoms with Gasteiger partial charge in [0.1, 0.15) is 0 Å². The minimum Gasteiger partial charge on any atom is -0.379 e. The minimum atomic E-state index is -0.0801. The van der Waals surface area contributed by atoms with Crippen molar-refractivity contribution in [2.75, 3.05) is 26.3 Å². The molecular formula is C25H32N2O2. The highest BCUT2D eigenvalue weighted by Crippen LogP contribution is 2.22. The number of carbonyl (C=O) groups is 1. The Hall–Kier alpha value is -2.43. The van der Waals surface area contributed by atoms with E-state index < -0.39 is 0 Å². The fraction of sp³-hybridized carbons (Fsp3) is 0.400. The summed E-state index contributed by atoms with van der Waals surface area (Å²) < 4.78 is 5.41. The van der Waals surface area contributed by atoms with E-state index in [2.05, 4.69) is 79.5 Å². The molecule has 154 valence electrons. The van der Waals surface area contributed by atoms with Crippen LogP contribution < -0.4 is 5.32 Å². The molecule has 1 fully saturated rings. The molecule has 1 amide bonds. The largest absolute Gasteiger partial charge is 0.379 e. The molecule has 0 spiro atoms. The second kappa shape index (κ2) is 9.86. The van der Waals surface area contributed by atoms with Gasteiger partial charge < -0.3 is 10.1 Å². The first-order valence-electron chi connectivity index (χ1n) is 10.3. The summed E-state index contributed by atoms with van der Waals surface area (Å²) in [4.78, 5) is 14.6. The summed E-state index contributed by atoms with van der Waals surface area (Å²) in [6.45, 7) is 11.6. The fourth-order valence-electron chi connectivity index (χ4n) is 3.37. The summed E-state index contributed by atoms with van der Waals surface area (Å²) in [5, 5.41) is 2.98. The second-order valence-corrected chi connectivity index (χ2v) is 8.63. The summed E-state index contributed by atoms with van der Waals surface area (Å²) in [6.07, 6.45) is 3.46. The van der Waals surface area contributed by atoms with Crippen LogP contribution in [0.1, 0.15) is 43.0 Å². The molecule has 2 aromatic rings. The van der Waals surface area contributed by atoms with Gasteiger partial charge in [0.2, 0.25) is 5.91 Å². The number of hydrogen-bond acceptors (Lipinski definition) is 3. The zero-order valence-corrected chi connectivity index (χ0v) is 17.8. The smallest absolute Gasteiger partial charge is 0.244 e. The fourth-order valence-corrected chi connectivity index (χ4v) is 3.37. The van der Waals surface area contributed by atoms with E-state index in [4.69, 9.17) is 4.74 Å². The molecule has 1 aliphatic heterocycles. The zero-order chi connectivity index (χ0) is 20.7. The summed E-state index contributed by atoms with van der Waals surface area (Å²) in [5.41, 5.74) is 4.84. The van der Waals surface area contributed by atoms with Crippen molar-refractivity contribution in [3.8, 4) is 0 Å². The third-order valence-corrected chi connectivity index (χ3v) is 5.17. The lowest BCUT2D eigenvalue weighted by molar-refractivity contribution is -0.116. The lowest BCUT2D eigenvalue weighted by Gasteiger charge is -2.26. The van der Waals surface area contributed by atoms with Gasteiger partial charge in [-0.05, 0) is 33.7 Å². The number of morpholine rings is 1. The molecule has 0 saturated carbocycles. The van der Waals surface area contributed by atoms with E-state index in [1.54, 1.807) is 6.08 Å². The summed E-state index contributed by atoms with van der Waals surface area (Å²) in [6, 6.07) is 16.8. The van der Waals surface area contributed by atoms with Crippen LogP contribution in [-0.4, -0.2) is 37.1 Å². The van der Waals surface area contributed by atoms with Gasteiger partial charge in [0.15, 0.2) is 0 Å². The number of nitrogens with one attached hydrogen (secondary N) is 1. The maximum absolute atomic E-state index is 12.2. The number of carbonyl (C=O) groups excluding carboxylic acids is 1. The first-order chi connectivity index (χ1) is 13.9. The number of nitrogens with zero attached hydrogens (tertiary/aromatic N) is 1. The van der Waals surface area contributed by atoms with Crippen molar-refractivity contribution < 1.29 is 9.53 Å². The molecule has 0 bridgehead atoms. The van der Waals surface area contributed by atoms with Crippen LogP contribution in [-0.2, 0) is 28.0 Å². The normalized spacial score (nSPS) is 15.6. The maximum Gasteiger partial charge on any atom is 0.244 e. The van der Waals surface area contributed by atoms with Crippen LogP contribution in [0.4, 0.5) is 0 Å². The Morgan fingerprint density at radius 2 is 1.76 bits per heavy atom. The maximum atomic E-state index is 12.2. The molecular weight excluding hydrogens is 360 g/mol. The predicted molar refractivity (Wildman–Crippen MR) is 119 cm³/mol. The van der Waals surface area contributed by atoms with E-state index in [0.717, 1.165) is 44.0 Å². The first-order valence-corrected chi connectivity index (χ1v) is 10.3. The van der Waals surface area contributed by atoms with Gasteiger partial charge in [0.25, 0.3) is 0 Å². The highest BCUT2D eigenvalue weighted by Gasteiger charge is 2.12. The average Bonchev–Trinajstić information content (AvgIpc) is 2.71. The predicted octanol–water partition coefficient (Wildman–Crippen LogP) is 4.15. The van der Waals surface area contributed by atoms with Crippen molar-refractivity contribution in [1.82, 2.24) is 10.2 Å². The lowest BCUT2D eigenvalue weighted by atomic mass is 9.87. The van der Waals surface area contributed by atoms with Crippen LogP contribution in [0, 0.1) is 0 Å². The summed E-state index contributed by atoms with van der Waals surface area (Å²) in [7, 11) is 0. The van der Waals surface area contributed by atoms with Crippen LogP contribution in [0.2, 0.25) is 0 Å². The number of benzene rings is 2. The van der Waals surface area contributed by atoms with Crippen molar-refractivity contribution in [2.45, 2.75) is 39.3 Å². The molecule has 3 rings (SSSR count). The van der Waals surface area contributed by atoms with Crippen LogP contribution >= 0.6 is 0 Å². The third-order valence-electron chi connectivity index (χ3n) is 5.17. The van der Waals surface area contributed by atoms with Gasteiger partial charge in [0, 0.05) is 32.3 Å². The molecule has 4 nitrogen and oxygen atoms in total. The SMILES string of the molecule is CC(C)(C)c1ccc(/C=C/C(=O)NCc2cccc(CN3CCOCC3)c2)cc1. The zero-order valence-electron chi connectivity index (χ0n) is 17.8. The number of hydrogen-bond donors (Lipinski definition) is 1. The Morgan fingerprint density at radius 1 is 1.07 bits per heavy atom. The van der Waals surface area contributed by atoms with Gasteiger partial charge in [-0.25, -0.2) is 0 Å². The monoisotopic (exact) mass is 392 g/mol. The van der Waals surface area contributed by atoms with Gasteiger partial charge in [-0.1, -0.05) is 69.3 Å². The number of ether oxygens (including phenoxy) is 1. The van der Waals surface area contributed by atoms with Crippen LogP contribution in [0.25, 0.3) is 6.08 Å². The van der Waals surface area contributed by atoms with E-state index >= 15 is 0 Å². The molecule has 0 atom stereocenters. The van der Waals surface area contributed by atoms with Gasteiger partial charge in [-0.15, -0.1) is 0 Å². The molecule has 1 N–H and O–H groups in total. The highest BCUT2D eigenvalue weighted by molar-refractivity contribution is 5.91. The Labute approximate surface area is 174 Å². The quantitative estimate of drug-likeness (QED) is 0.751. The lowest BCUT2D eigenvalue weighted by Crippen LogP contribution is -2.35. The molecule has 1 saturated heterocycles. The number of amides is 1.